The molecule has 0 N–H and O–H groups in total. The Morgan fingerprint density at radius 1 is 1.29 bits per heavy atom. The number of rotatable bonds is 7. The first-order chi connectivity index (χ1) is 10.1. The summed E-state index contributed by atoms with van der Waals surface area (Å²) in [5.74, 6) is 0.504. The highest BCUT2D eigenvalue weighted by atomic mass is 35.5. The van der Waals surface area contributed by atoms with E-state index in [0.717, 1.165) is 30.1 Å². The second kappa shape index (κ2) is 8.14. The van der Waals surface area contributed by atoms with Gasteiger partial charge in [0.2, 0.25) is 0 Å². The highest BCUT2D eigenvalue weighted by Gasteiger charge is 2.11. The largest absolute Gasteiger partial charge is 0.300 e. The van der Waals surface area contributed by atoms with E-state index in [4.69, 9.17) is 23.2 Å². The zero-order chi connectivity index (χ0) is 15.2. The summed E-state index contributed by atoms with van der Waals surface area (Å²) in [7, 11) is 2.16. The molecule has 0 amide bonds. The number of thiazole rings is 1. The summed E-state index contributed by atoms with van der Waals surface area (Å²) >= 11 is 13.4. The molecule has 1 heterocycles. The standard InChI is InChI=1S/C16H20Cl2N2S/c1-12(13-5-7-14(18)8-6-13)20(2)9-3-4-16-19-15(10-17)11-21-16/h5-8,11-12H,3-4,9-10H2,1-2H3. The molecular weight excluding hydrogens is 323 g/mol. The van der Waals surface area contributed by atoms with E-state index in [9.17, 15) is 0 Å². The predicted molar refractivity (Wildman–Crippen MR) is 92.5 cm³/mol. The van der Waals surface area contributed by atoms with Gasteiger partial charge in [0.1, 0.15) is 0 Å². The first-order valence-corrected chi connectivity index (χ1v) is 8.84. The van der Waals surface area contributed by atoms with Crippen molar-refractivity contribution in [2.75, 3.05) is 13.6 Å². The third-order valence-corrected chi connectivity index (χ3v) is 5.13. The minimum Gasteiger partial charge on any atom is -0.300 e. The fraction of sp³-hybridized carbons (Fsp3) is 0.438. The monoisotopic (exact) mass is 342 g/mol. The highest BCUT2D eigenvalue weighted by molar-refractivity contribution is 7.09. The van der Waals surface area contributed by atoms with E-state index in [2.05, 4.69) is 36.0 Å². The third-order valence-electron chi connectivity index (χ3n) is 3.65. The van der Waals surface area contributed by atoms with E-state index in [-0.39, 0.29) is 0 Å². The van der Waals surface area contributed by atoms with Crippen molar-refractivity contribution in [1.29, 1.82) is 0 Å². The van der Waals surface area contributed by atoms with Crippen molar-refractivity contribution in [1.82, 2.24) is 9.88 Å². The van der Waals surface area contributed by atoms with Crippen LogP contribution in [0.3, 0.4) is 0 Å². The molecule has 2 rings (SSSR count). The van der Waals surface area contributed by atoms with E-state index in [1.54, 1.807) is 11.3 Å². The Kier molecular flexibility index (Phi) is 6.49. The fourth-order valence-electron chi connectivity index (χ4n) is 2.19. The molecule has 5 heteroatoms. The van der Waals surface area contributed by atoms with Crippen LogP contribution in [0.25, 0.3) is 0 Å². The molecule has 21 heavy (non-hydrogen) atoms. The topological polar surface area (TPSA) is 16.1 Å². The zero-order valence-corrected chi connectivity index (χ0v) is 14.7. The minimum atomic E-state index is 0.386. The van der Waals surface area contributed by atoms with Gasteiger partial charge in [0.15, 0.2) is 0 Å². The van der Waals surface area contributed by atoms with Crippen LogP contribution in [-0.4, -0.2) is 23.5 Å². The molecule has 1 atom stereocenters. The van der Waals surface area contributed by atoms with E-state index in [1.165, 1.54) is 10.6 Å². The number of benzene rings is 1. The summed E-state index contributed by atoms with van der Waals surface area (Å²) in [5, 5.41) is 4.01. The van der Waals surface area contributed by atoms with Crippen molar-refractivity contribution in [3.8, 4) is 0 Å². The normalized spacial score (nSPS) is 12.8. The van der Waals surface area contributed by atoms with Crippen LogP contribution in [0.4, 0.5) is 0 Å². The summed E-state index contributed by atoms with van der Waals surface area (Å²) in [5.41, 5.74) is 2.28. The Bertz CT molecular complexity index is 554. The SMILES string of the molecule is CC(c1ccc(Cl)cc1)N(C)CCCc1nc(CCl)cs1. The molecule has 1 aromatic heterocycles. The summed E-state index contributed by atoms with van der Waals surface area (Å²) in [6, 6.07) is 8.47. The number of aryl methyl sites for hydroxylation is 1. The maximum atomic E-state index is 5.93. The van der Waals surface area contributed by atoms with E-state index < -0.39 is 0 Å². The summed E-state index contributed by atoms with van der Waals surface area (Å²) in [6.45, 7) is 3.26. The Labute approximate surface area is 140 Å². The maximum Gasteiger partial charge on any atom is 0.0929 e. The van der Waals surface area contributed by atoms with Crippen LogP contribution in [0.1, 0.15) is 35.7 Å². The molecule has 1 unspecified atom stereocenters. The Morgan fingerprint density at radius 2 is 2.00 bits per heavy atom. The van der Waals surface area contributed by atoms with Gasteiger partial charge in [-0.25, -0.2) is 4.98 Å². The Morgan fingerprint density at radius 3 is 2.62 bits per heavy atom. The molecule has 0 fully saturated rings. The lowest BCUT2D eigenvalue weighted by Crippen LogP contribution is -2.23. The quantitative estimate of drug-likeness (QED) is 0.646. The van der Waals surface area contributed by atoms with Crippen LogP contribution in [0.15, 0.2) is 29.6 Å². The average Bonchev–Trinajstić information content (AvgIpc) is 2.95. The van der Waals surface area contributed by atoms with E-state index in [0.29, 0.717) is 11.9 Å². The lowest BCUT2D eigenvalue weighted by atomic mass is 10.1. The molecule has 0 saturated carbocycles. The lowest BCUT2D eigenvalue weighted by molar-refractivity contribution is 0.258. The summed E-state index contributed by atoms with van der Waals surface area (Å²) in [4.78, 5) is 6.85. The predicted octanol–water partition coefficient (Wildman–Crippen LogP) is 5.16. The van der Waals surface area contributed by atoms with Crippen LogP contribution in [0.2, 0.25) is 5.02 Å². The maximum absolute atomic E-state index is 5.93. The first-order valence-electron chi connectivity index (χ1n) is 7.05. The van der Waals surface area contributed by atoms with Gasteiger partial charge in [0, 0.05) is 22.9 Å². The van der Waals surface area contributed by atoms with Crippen molar-refractivity contribution in [2.24, 2.45) is 0 Å². The molecule has 0 aliphatic heterocycles. The van der Waals surface area contributed by atoms with E-state index in [1.807, 2.05) is 17.5 Å². The van der Waals surface area contributed by atoms with Crippen molar-refractivity contribution in [2.45, 2.75) is 31.7 Å². The Balaban J connectivity index is 1.80. The van der Waals surface area contributed by atoms with Gasteiger partial charge in [-0.15, -0.1) is 22.9 Å². The van der Waals surface area contributed by atoms with Crippen LogP contribution in [-0.2, 0) is 12.3 Å². The smallest absolute Gasteiger partial charge is 0.0929 e. The molecule has 0 aliphatic rings. The molecule has 2 aromatic rings. The minimum absolute atomic E-state index is 0.386. The zero-order valence-electron chi connectivity index (χ0n) is 12.4. The van der Waals surface area contributed by atoms with Gasteiger partial charge >= 0.3 is 0 Å². The van der Waals surface area contributed by atoms with Gasteiger partial charge in [0.05, 0.1) is 16.6 Å². The third kappa shape index (κ3) is 4.96. The van der Waals surface area contributed by atoms with Crippen molar-refractivity contribution in [3.05, 3.63) is 50.9 Å². The second-order valence-electron chi connectivity index (χ2n) is 5.18. The summed E-state index contributed by atoms with van der Waals surface area (Å²) < 4.78 is 0. The van der Waals surface area contributed by atoms with Gasteiger partial charge in [0.25, 0.3) is 0 Å². The highest BCUT2D eigenvalue weighted by Crippen LogP contribution is 2.21. The lowest BCUT2D eigenvalue weighted by Gasteiger charge is -2.25. The molecule has 0 bridgehead atoms. The van der Waals surface area contributed by atoms with Gasteiger partial charge in [-0.1, -0.05) is 23.7 Å². The van der Waals surface area contributed by atoms with Gasteiger partial charge in [-0.2, -0.15) is 0 Å². The first kappa shape index (κ1) is 16.8. The molecule has 0 aliphatic carbocycles. The molecule has 0 radical (unpaired) electrons. The van der Waals surface area contributed by atoms with Crippen molar-refractivity contribution >= 4 is 34.5 Å². The second-order valence-corrected chi connectivity index (χ2v) is 6.82. The Hall–Kier alpha value is -0.610. The van der Waals surface area contributed by atoms with Crippen molar-refractivity contribution < 1.29 is 0 Å². The molecule has 2 nitrogen and oxygen atoms in total. The van der Waals surface area contributed by atoms with Gasteiger partial charge < -0.3 is 0 Å². The van der Waals surface area contributed by atoms with Gasteiger partial charge in [-0.05, 0) is 44.6 Å². The average molecular weight is 343 g/mol. The van der Waals surface area contributed by atoms with Crippen LogP contribution >= 0.6 is 34.5 Å². The number of hydrogen-bond acceptors (Lipinski definition) is 3. The molecule has 114 valence electrons. The molecule has 0 spiro atoms. The van der Waals surface area contributed by atoms with Crippen LogP contribution < -0.4 is 0 Å². The number of alkyl halides is 1. The number of halogens is 2. The molecule has 1 aromatic carbocycles. The molecular formula is C16H20Cl2N2S. The fourth-order valence-corrected chi connectivity index (χ4v) is 3.39. The summed E-state index contributed by atoms with van der Waals surface area (Å²) in [6.07, 6.45) is 2.11. The van der Waals surface area contributed by atoms with Crippen molar-refractivity contribution in [3.63, 3.8) is 0 Å². The van der Waals surface area contributed by atoms with Crippen LogP contribution in [0, 0.1) is 0 Å². The number of aromatic nitrogens is 1. The number of nitrogens with zero attached hydrogens (tertiary/aromatic N) is 2. The number of hydrogen-bond donors (Lipinski definition) is 0. The van der Waals surface area contributed by atoms with Gasteiger partial charge in [-0.3, -0.25) is 4.90 Å². The molecule has 0 saturated heterocycles. The van der Waals surface area contributed by atoms with E-state index >= 15 is 0 Å². The van der Waals surface area contributed by atoms with Crippen LogP contribution in [0.5, 0.6) is 0 Å².